The Morgan fingerprint density at radius 3 is 2.40 bits per heavy atom. The largest absolute Gasteiger partial charge is 0.497 e. The van der Waals surface area contributed by atoms with Crippen molar-refractivity contribution >= 4 is 23.5 Å². The van der Waals surface area contributed by atoms with E-state index in [1.807, 2.05) is 51.1 Å². The molecule has 0 spiro atoms. The molecule has 12 nitrogen and oxygen atoms in total. The van der Waals surface area contributed by atoms with Crippen LogP contribution in [0.25, 0.3) is 0 Å². The molecule has 12 heteroatoms. The van der Waals surface area contributed by atoms with E-state index < -0.39 is 6.09 Å². The van der Waals surface area contributed by atoms with E-state index in [1.165, 1.54) is 4.90 Å². The van der Waals surface area contributed by atoms with E-state index in [9.17, 15) is 4.79 Å². The van der Waals surface area contributed by atoms with Crippen LogP contribution in [0, 0.1) is 20.8 Å². The van der Waals surface area contributed by atoms with Gasteiger partial charge in [-0.15, -0.1) is 0 Å². The van der Waals surface area contributed by atoms with Gasteiger partial charge in [-0.1, -0.05) is 17.7 Å². The summed E-state index contributed by atoms with van der Waals surface area (Å²) in [6.07, 6.45) is 3.59. The predicted molar refractivity (Wildman–Crippen MR) is 186 cm³/mol. The Morgan fingerprint density at radius 1 is 0.938 bits per heavy atom. The first-order chi connectivity index (χ1) is 23.2. The number of aromatic nitrogens is 3. The molecular formula is C36H45N7O5. The number of amides is 1. The molecule has 0 radical (unpaired) electrons. The van der Waals surface area contributed by atoms with Crippen molar-refractivity contribution in [3.63, 3.8) is 0 Å². The fourth-order valence-electron chi connectivity index (χ4n) is 5.65. The number of hydrogen-bond acceptors (Lipinski definition) is 11. The summed E-state index contributed by atoms with van der Waals surface area (Å²) in [5, 5.41) is 3.18. The van der Waals surface area contributed by atoms with Crippen molar-refractivity contribution in [2.45, 2.75) is 33.7 Å². The van der Waals surface area contributed by atoms with Crippen LogP contribution in [0.4, 0.5) is 22.2 Å². The third-order valence-electron chi connectivity index (χ3n) is 8.20. The third-order valence-corrected chi connectivity index (χ3v) is 8.20. The fraction of sp³-hybridized carbons (Fsp3) is 0.389. The summed E-state index contributed by atoms with van der Waals surface area (Å²) in [5.74, 6) is 2.90. The molecule has 2 aromatic heterocycles. The lowest BCUT2D eigenvalue weighted by Crippen LogP contribution is -2.44. The van der Waals surface area contributed by atoms with Crippen molar-refractivity contribution in [3.05, 3.63) is 83.2 Å². The summed E-state index contributed by atoms with van der Waals surface area (Å²) in [7, 11) is 5.33. The molecule has 0 aliphatic carbocycles. The molecule has 1 amide bonds. The first-order valence-electron chi connectivity index (χ1n) is 16.1. The van der Waals surface area contributed by atoms with E-state index in [1.54, 1.807) is 44.8 Å². The van der Waals surface area contributed by atoms with Gasteiger partial charge < -0.3 is 34.1 Å². The second-order valence-corrected chi connectivity index (χ2v) is 12.0. The van der Waals surface area contributed by atoms with E-state index in [0.717, 1.165) is 55.8 Å². The molecule has 0 bridgehead atoms. The average molecular weight is 656 g/mol. The molecule has 4 aromatic rings. The molecule has 1 aliphatic heterocycles. The van der Waals surface area contributed by atoms with Gasteiger partial charge in [0.25, 0.3) is 0 Å². The van der Waals surface area contributed by atoms with E-state index in [2.05, 4.69) is 37.1 Å². The molecule has 254 valence electrons. The topological polar surface area (TPSA) is 114 Å². The lowest BCUT2D eigenvalue weighted by atomic mass is 10.1. The number of anilines is 3. The van der Waals surface area contributed by atoms with E-state index >= 15 is 0 Å². The molecular weight excluding hydrogens is 610 g/mol. The Morgan fingerprint density at radius 2 is 1.71 bits per heavy atom. The number of likely N-dealkylation sites (N-methyl/N-ethyl adjacent to an activating group) is 1. The van der Waals surface area contributed by atoms with Crippen LogP contribution < -0.4 is 29.2 Å². The van der Waals surface area contributed by atoms with Crippen molar-refractivity contribution in [3.8, 4) is 23.1 Å². The minimum atomic E-state index is -0.602. The number of aryl methyl sites for hydroxylation is 3. The smallest absolute Gasteiger partial charge is 0.421 e. The quantitative estimate of drug-likeness (QED) is 0.177. The highest BCUT2D eigenvalue weighted by Gasteiger charge is 2.24. The highest BCUT2D eigenvalue weighted by molar-refractivity contribution is 5.88. The van der Waals surface area contributed by atoms with Crippen LogP contribution in [0.2, 0.25) is 0 Å². The monoisotopic (exact) mass is 655 g/mol. The van der Waals surface area contributed by atoms with Gasteiger partial charge in [-0.25, -0.2) is 14.8 Å². The molecule has 0 saturated carbocycles. The Kier molecular flexibility index (Phi) is 11.6. The Balaban J connectivity index is 1.30. The third kappa shape index (κ3) is 9.11. The van der Waals surface area contributed by atoms with Gasteiger partial charge in [-0.3, -0.25) is 4.90 Å². The number of nitrogens with one attached hydrogen (secondary N) is 1. The molecule has 1 fully saturated rings. The summed E-state index contributed by atoms with van der Waals surface area (Å²) in [6, 6.07) is 14.7. The number of ether oxygens (including phenoxy) is 4. The van der Waals surface area contributed by atoms with Gasteiger partial charge in [0, 0.05) is 50.6 Å². The summed E-state index contributed by atoms with van der Waals surface area (Å²) in [5.41, 5.74) is 4.19. The standard InChI is InChI=1S/C36H45N7O5/c1-25-20-26(2)34(27(3)21-25)48-36(44)43(24-28-22-30(45-5)9-10-31(28)46-6)32-12-13-37-35(40-32)39-29-8-11-33(38-23-29)47-19-7-14-42-17-15-41(4)16-18-42/h8-13,20-23H,7,14-19,24H2,1-6H3,(H,37,39,40). The number of rotatable bonds is 13. The zero-order valence-electron chi connectivity index (χ0n) is 28.7. The maximum atomic E-state index is 13.9. The second-order valence-electron chi connectivity index (χ2n) is 12.0. The van der Waals surface area contributed by atoms with E-state index in [0.29, 0.717) is 46.8 Å². The highest BCUT2D eigenvalue weighted by atomic mass is 16.6. The normalized spacial score (nSPS) is 13.5. The number of pyridine rings is 1. The van der Waals surface area contributed by atoms with Crippen LogP contribution in [0.5, 0.6) is 23.1 Å². The van der Waals surface area contributed by atoms with Gasteiger partial charge >= 0.3 is 6.09 Å². The number of carbonyl (C=O) groups excluding carboxylic acids is 1. The number of methoxy groups -OCH3 is 2. The lowest BCUT2D eigenvalue weighted by molar-refractivity contribution is 0.145. The lowest BCUT2D eigenvalue weighted by Gasteiger charge is -2.32. The van der Waals surface area contributed by atoms with Crippen molar-refractivity contribution in [1.82, 2.24) is 24.8 Å². The second kappa shape index (κ2) is 16.2. The summed E-state index contributed by atoms with van der Waals surface area (Å²) >= 11 is 0. The van der Waals surface area contributed by atoms with Crippen LogP contribution in [0.1, 0.15) is 28.7 Å². The minimum Gasteiger partial charge on any atom is -0.497 e. The van der Waals surface area contributed by atoms with E-state index in [-0.39, 0.29) is 12.5 Å². The number of nitrogens with zero attached hydrogens (tertiary/aromatic N) is 6. The van der Waals surface area contributed by atoms with Gasteiger partial charge in [0.2, 0.25) is 11.8 Å². The Hall–Kier alpha value is -4.94. The summed E-state index contributed by atoms with van der Waals surface area (Å²) in [4.78, 5) is 33.7. The molecule has 1 saturated heterocycles. The zero-order chi connectivity index (χ0) is 34.0. The minimum absolute atomic E-state index is 0.0992. The van der Waals surface area contributed by atoms with Crippen LogP contribution >= 0.6 is 0 Å². The highest BCUT2D eigenvalue weighted by Crippen LogP contribution is 2.30. The molecule has 0 atom stereocenters. The Labute approximate surface area is 282 Å². The van der Waals surface area contributed by atoms with Crippen LogP contribution in [-0.2, 0) is 6.54 Å². The van der Waals surface area contributed by atoms with Crippen molar-refractivity contribution in [2.24, 2.45) is 0 Å². The first kappa shape index (κ1) is 34.4. The molecule has 5 rings (SSSR count). The number of benzene rings is 2. The number of piperazine rings is 1. The van der Waals surface area contributed by atoms with Gasteiger partial charge in [0.1, 0.15) is 23.1 Å². The van der Waals surface area contributed by atoms with Crippen LogP contribution in [-0.4, -0.2) is 91.4 Å². The van der Waals surface area contributed by atoms with Crippen LogP contribution in [0.15, 0.2) is 60.9 Å². The molecule has 48 heavy (non-hydrogen) atoms. The predicted octanol–water partition coefficient (Wildman–Crippen LogP) is 5.78. The first-order valence-corrected chi connectivity index (χ1v) is 16.1. The van der Waals surface area contributed by atoms with Crippen molar-refractivity contribution < 1.29 is 23.7 Å². The fourth-order valence-corrected chi connectivity index (χ4v) is 5.65. The molecule has 1 N–H and O–H groups in total. The number of carbonyl (C=O) groups is 1. The zero-order valence-corrected chi connectivity index (χ0v) is 28.7. The van der Waals surface area contributed by atoms with Gasteiger partial charge in [0.05, 0.1) is 39.3 Å². The molecule has 0 unspecified atom stereocenters. The Bertz CT molecular complexity index is 1650. The maximum absolute atomic E-state index is 13.9. The SMILES string of the molecule is COc1ccc(OC)c(CN(C(=O)Oc2c(C)cc(C)cc2C)c2ccnc(Nc3ccc(OCCCN4CCN(C)CC4)nc3)n2)c1. The molecule has 1 aliphatic rings. The van der Waals surface area contributed by atoms with Gasteiger partial charge in [-0.2, -0.15) is 4.98 Å². The summed E-state index contributed by atoms with van der Waals surface area (Å²) < 4.78 is 22.9. The molecule has 3 heterocycles. The van der Waals surface area contributed by atoms with Crippen LogP contribution in [0.3, 0.4) is 0 Å². The van der Waals surface area contributed by atoms with Gasteiger partial charge in [-0.05, 0) is 75.7 Å². The maximum Gasteiger partial charge on any atom is 0.421 e. The molecule has 2 aromatic carbocycles. The average Bonchev–Trinajstić information content (AvgIpc) is 3.08. The summed E-state index contributed by atoms with van der Waals surface area (Å²) in [6.45, 7) is 12.0. The van der Waals surface area contributed by atoms with Gasteiger partial charge in [0.15, 0.2) is 0 Å². The number of hydrogen-bond donors (Lipinski definition) is 1. The van der Waals surface area contributed by atoms with E-state index in [4.69, 9.17) is 18.9 Å². The van der Waals surface area contributed by atoms with Crippen molar-refractivity contribution in [1.29, 1.82) is 0 Å². The van der Waals surface area contributed by atoms with Crippen molar-refractivity contribution in [2.75, 3.05) is 70.8 Å².